The fourth-order valence-corrected chi connectivity index (χ4v) is 2.67. The Labute approximate surface area is 92.2 Å². The first-order chi connectivity index (χ1) is 7.38. The van der Waals surface area contributed by atoms with Crippen molar-refractivity contribution in [3.63, 3.8) is 0 Å². The monoisotopic (exact) mass is 213 g/mol. The Bertz CT molecular complexity index is 183. The van der Waals surface area contributed by atoms with Crippen molar-refractivity contribution in [2.75, 3.05) is 59.0 Å². The van der Waals surface area contributed by atoms with Crippen molar-refractivity contribution >= 4 is 0 Å². The van der Waals surface area contributed by atoms with E-state index in [1.54, 1.807) is 0 Å². The summed E-state index contributed by atoms with van der Waals surface area (Å²) in [6.45, 7) is 9.48. The molecule has 0 unspecified atom stereocenters. The van der Waals surface area contributed by atoms with Gasteiger partial charge >= 0.3 is 0 Å². The van der Waals surface area contributed by atoms with Crippen LogP contribution >= 0.6 is 0 Å². The minimum atomic E-state index is 0.306. The lowest BCUT2D eigenvalue weighted by Gasteiger charge is -2.29. The number of nitrogens with zero attached hydrogens (tertiary/aromatic N) is 2. The summed E-state index contributed by atoms with van der Waals surface area (Å²) < 4.78 is 0. The molecule has 0 spiro atoms. The number of piperazine rings is 1. The van der Waals surface area contributed by atoms with Gasteiger partial charge in [-0.2, -0.15) is 0 Å². The lowest BCUT2D eigenvalue weighted by molar-refractivity contribution is 0.191. The number of likely N-dealkylation sites (tertiary alicyclic amines) is 1. The van der Waals surface area contributed by atoms with Crippen LogP contribution in [0.2, 0.25) is 0 Å². The quantitative estimate of drug-likeness (QED) is 0.642. The lowest BCUT2D eigenvalue weighted by atomic mass is 10.1. The first-order valence-electron chi connectivity index (χ1n) is 6.15. The molecule has 0 aromatic heterocycles. The molecule has 15 heavy (non-hydrogen) atoms. The van der Waals surface area contributed by atoms with Crippen molar-refractivity contribution in [3.8, 4) is 0 Å². The van der Waals surface area contributed by atoms with E-state index in [9.17, 15) is 0 Å². The Hall–Kier alpha value is -0.160. The first-order valence-corrected chi connectivity index (χ1v) is 6.15. The zero-order valence-corrected chi connectivity index (χ0v) is 9.49. The maximum atomic E-state index is 8.87. The average Bonchev–Trinajstić information content (AvgIpc) is 2.68. The standard InChI is InChI=1S/C11H23N3O/c15-8-7-13-4-1-11(9-13)10-14-5-2-12-3-6-14/h11-12,15H,1-10H2/t11-/m1/s1. The van der Waals surface area contributed by atoms with E-state index in [1.807, 2.05) is 0 Å². The molecule has 0 aromatic carbocycles. The lowest BCUT2D eigenvalue weighted by Crippen LogP contribution is -2.45. The van der Waals surface area contributed by atoms with E-state index in [0.29, 0.717) is 6.61 Å². The SMILES string of the molecule is OCCN1CC[C@@H](CN2CCNCC2)C1. The molecule has 2 saturated heterocycles. The maximum absolute atomic E-state index is 8.87. The highest BCUT2D eigenvalue weighted by molar-refractivity contribution is 4.79. The molecule has 0 aromatic rings. The highest BCUT2D eigenvalue weighted by atomic mass is 16.3. The van der Waals surface area contributed by atoms with Gasteiger partial charge in [0.15, 0.2) is 0 Å². The number of rotatable bonds is 4. The summed E-state index contributed by atoms with van der Waals surface area (Å²) >= 11 is 0. The second-order valence-corrected chi connectivity index (χ2v) is 4.73. The molecule has 4 heteroatoms. The zero-order chi connectivity index (χ0) is 10.5. The summed E-state index contributed by atoms with van der Waals surface area (Å²) in [5.74, 6) is 0.828. The number of hydrogen-bond acceptors (Lipinski definition) is 4. The zero-order valence-electron chi connectivity index (χ0n) is 9.49. The highest BCUT2D eigenvalue weighted by Crippen LogP contribution is 2.17. The van der Waals surface area contributed by atoms with Crippen molar-refractivity contribution in [3.05, 3.63) is 0 Å². The average molecular weight is 213 g/mol. The van der Waals surface area contributed by atoms with Crippen LogP contribution in [0.4, 0.5) is 0 Å². The van der Waals surface area contributed by atoms with E-state index in [0.717, 1.165) is 25.6 Å². The number of β-amino-alcohol motifs (C(OH)–C–C–N with tert-alkyl or cyclic N) is 1. The summed E-state index contributed by atoms with van der Waals surface area (Å²) in [6.07, 6.45) is 1.31. The van der Waals surface area contributed by atoms with Crippen molar-refractivity contribution < 1.29 is 5.11 Å². The fraction of sp³-hybridized carbons (Fsp3) is 1.00. The minimum Gasteiger partial charge on any atom is -0.395 e. The molecule has 0 amide bonds. The Morgan fingerprint density at radius 2 is 1.93 bits per heavy atom. The molecule has 0 saturated carbocycles. The number of aliphatic hydroxyl groups is 1. The van der Waals surface area contributed by atoms with Crippen LogP contribution in [0.5, 0.6) is 0 Å². The van der Waals surface area contributed by atoms with Crippen LogP contribution in [0, 0.1) is 5.92 Å². The fourth-order valence-electron chi connectivity index (χ4n) is 2.67. The van der Waals surface area contributed by atoms with Gasteiger partial charge in [-0.15, -0.1) is 0 Å². The van der Waals surface area contributed by atoms with E-state index in [-0.39, 0.29) is 0 Å². The molecule has 0 aliphatic carbocycles. The molecule has 2 rings (SSSR count). The van der Waals surface area contributed by atoms with Gasteiger partial charge in [-0.25, -0.2) is 0 Å². The van der Waals surface area contributed by atoms with Crippen LogP contribution in [-0.2, 0) is 0 Å². The van der Waals surface area contributed by atoms with Crippen molar-refractivity contribution in [2.45, 2.75) is 6.42 Å². The predicted octanol–water partition coefficient (Wildman–Crippen LogP) is -0.794. The summed E-state index contributed by atoms with van der Waals surface area (Å²) in [7, 11) is 0. The van der Waals surface area contributed by atoms with Gasteiger partial charge in [0.1, 0.15) is 0 Å². The molecule has 2 heterocycles. The van der Waals surface area contributed by atoms with Crippen LogP contribution in [0.25, 0.3) is 0 Å². The van der Waals surface area contributed by atoms with Crippen LogP contribution in [-0.4, -0.2) is 73.9 Å². The molecular formula is C11H23N3O. The van der Waals surface area contributed by atoms with Gasteiger partial charge in [0.25, 0.3) is 0 Å². The molecule has 4 nitrogen and oxygen atoms in total. The van der Waals surface area contributed by atoms with Gasteiger partial charge in [0.2, 0.25) is 0 Å². The second kappa shape index (κ2) is 5.80. The van der Waals surface area contributed by atoms with Gasteiger partial charge in [-0.05, 0) is 18.9 Å². The van der Waals surface area contributed by atoms with Gasteiger partial charge < -0.3 is 20.2 Å². The van der Waals surface area contributed by atoms with Gasteiger partial charge in [0.05, 0.1) is 6.61 Å². The van der Waals surface area contributed by atoms with Crippen LogP contribution in [0.1, 0.15) is 6.42 Å². The molecule has 88 valence electrons. The van der Waals surface area contributed by atoms with E-state index in [2.05, 4.69) is 15.1 Å². The summed E-state index contributed by atoms with van der Waals surface area (Å²) in [5, 5.41) is 12.3. The molecule has 1 atom stereocenters. The summed E-state index contributed by atoms with van der Waals surface area (Å²) in [4.78, 5) is 4.95. The molecule has 0 bridgehead atoms. The Balaban J connectivity index is 1.67. The van der Waals surface area contributed by atoms with Crippen LogP contribution in [0.3, 0.4) is 0 Å². The van der Waals surface area contributed by atoms with Crippen molar-refractivity contribution in [1.29, 1.82) is 0 Å². The topological polar surface area (TPSA) is 38.7 Å². The van der Waals surface area contributed by atoms with E-state index < -0.39 is 0 Å². The van der Waals surface area contributed by atoms with Gasteiger partial charge in [0, 0.05) is 45.8 Å². The van der Waals surface area contributed by atoms with E-state index >= 15 is 0 Å². The van der Waals surface area contributed by atoms with E-state index in [1.165, 1.54) is 39.1 Å². The third kappa shape index (κ3) is 3.41. The normalized spacial score (nSPS) is 29.8. The van der Waals surface area contributed by atoms with Crippen molar-refractivity contribution in [2.24, 2.45) is 5.92 Å². The number of hydrogen-bond donors (Lipinski definition) is 2. The van der Waals surface area contributed by atoms with Gasteiger partial charge in [-0.1, -0.05) is 0 Å². The molecule has 2 N–H and O–H groups in total. The Kier molecular flexibility index (Phi) is 4.38. The number of aliphatic hydroxyl groups excluding tert-OH is 1. The molecule has 2 fully saturated rings. The minimum absolute atomic E-state index is 0.306. The Morgan fingerprint density at radius 3 is 2.67 bits per heavy atom. The summed E-state index contributed by atoms with van der Waals surface area (Å²) in [6, 6.07) is 0. The molecular weight excluding hydrogens is 190 g/mol. The second-order valence-electron chi connectivity index (χ2n) is 4.73. The smallest absolute Gasteiger partial charge is 0.0558 e. The third-order valence-corrected chi connectivity index (χ3v) is 3.51. The Morgan fingerprint density at radius 1 is 1.13 bits per heavy atom. The van der Waals surface area contributed by atoms with Crippen molar-refractivity contribution in [1.82, 2.24) is 15.1 Å². The third-order valence-electron chi connectivity index (χ3n) is 3.51. The molecule has 0 radical (unpaired) electrons. The molecule has 2 aliphatic heterocycles. The predicted molar refractivity (Wildman–Crippen MR) is 60.9 cm³/mol. The summed E-state index contributed by atoms with van der Waals surface area (Å²) in [5.41, 5.74) is 0. The van der Waals surface area contributed by atoms with Gasteiger partial charge in [-0.3, -0.25) is 0 Å². The molecule has 2 aliphatic rings. The van der Waals surface area contributed by atoms with Crippen LogP contribution < -0.4 is 5.32 Å². The number of nitrogens with one attached hydrogen (secondary N) is 1. The van der Waals surface area contributed by atoms with Crippen LogP contribution in [0.15, 0.2) is 0 Å². The largest absolute Gasteiger partial charge is 0.395 e. The van der Waals surface area contributed by atoms with E-state index in [4.69, 9.17) is 5.11 Å². The first kappa shape index (κ1) is 11.3. The maximum Gasteiger partial charge on any atom is 0.0558 e. The highest BCUT2D eigenvalue weighted by Gasteiger charge is 2.24.